The summed E-state index contributed by atoms with van der Waals surface area (Å²) in [6.07, 6.45) is 1.85. The Bertz CT molecular complexity index is 258. The molecule has 71 valence electrons. The molecule has 1 aliphatic rings. The summed E-state index contributed by atoms with van der Waals surface area (Å²) in [5.74, 6) is 0.289. The minimum atomic E-state index is -0.214. The normalized spacial score (nSPS) is 18.0. The number of carbonyl (C=O) groups is 1. The van der Waals surface area contributed by atoms with Crippen molar-refractivity contribution in [2.45, 2.75) is 33.1 Å². The van der Waals surface area contributed by atoms with E-state index in [0.717, 1.165) is 6.42 Å². The molecule has 0 unspecified atom stereocenters. The molecule has 13 heavy (non-hydrogen) atoms. The molecule has 0 saturated heterocycles. The van der Waals surface area contributed by atoms with Gasteiger partial charge in [0.25, 0.3) is 0 Å². The summed E-state index contributed by atoms with van der Waals surface area (Å²) in [7, 11) is 0. The first-order valence-electron chi connectivity index (χ1n) is 4.33. The van der Waals surface area contributed by atoms with Gasteiger partial charge in [-0.05, 0) is 6.42 Å². The van der Waals surface area contributed by atoms with Crippen molar-refractivity contribution in [2.75, 3.05) is 0 Å². The smallest absolute Gasteiger partial charge is 0.345 e. The summed E-state index contributed by atoms with van der Waals surface area (Å²) in [6.45, 7) is 3.81. The van der Waals surface area contributed by atoms with Gasteiger partial charge >= 0.3 is 6.02 Å². The first-order valence-corrected chi connectivity index (χ1v) is 4.33. The number of amides is 1. The van der Waals surface area contributed by atoms with Crippen LogP contribution in [-0.2, 0) is 9.53 Å². The van der Waals surface area contributed by atoms with Crippen LogP contribution in [0.1, 0.15) is 33.1 Å². The molecule has 5 heteroatoms. The van der Waals surface area contributed by atoms with Crippen molar-refractivity contribution < 1.29 is 9.53 Å². The molecule has 0 aromatic rings. The van der Waals surface area contributed by atoms with Crippen LogP contribution in [0.3, 0.4) is 0 Å². The van der Waals surface area contributed by atoms with Crippen molar-refractivity contribution in [3.05, 3.63) is 0 Å². The number of rotatable bonds is 3. The van der Waals surface area contributed by atoms with Gasteiger partial charge in [-0.1, -0.05) is 19.3 Å². The highest BCUT2D eigenvalue weighted by Gasteiger charge is 2.15. The molecule has 1 rings (SSSR count). The highest BCUT2D eigenvalue weighted by Crippen LogP contribution is 2.00. The third-order valence-electron chi connectivity index (χ3n) is 1.44. The molecule has 1 radical (unpaired) electrons. The largest absolute Gasteiger partial charge is 0.406 e. The Hall–Kier alpha value is -1.39. The molecular formula is C8H12N3O2. The molecule has 1 aliphatic heterocycles. The Labute approximate surface area is 76.9 Å². The van der Waals surface area contributed by atoms with Gasteiger partial charge in [0.15, 0.2) is 0 Å². The van der Waals surface area contributed by atoms with Gasteiger partial charge in [0.05, 0.1) is 0 Å². The van der Waals surface area contributed by atoms with Crippen LogP contribution < -0.4 is 5.43 Å². The first-order chi connectivity index (χ1) is 6.26. The number of ether oxygens (including phenoxy) is 1. The van der Waals surface area contributed by atoms with Crippen molar-refractivity contribution in [1.29, 1.82) is 0 Å². The molecule has 0 fully saturated rings. The van der Waals surface area contributed by atoms with E-state index in [9.17, 15) is 4.79 Å². The summed E-state index contributed by atoms with van der Waals surface area (Å²) < 4.78 is 5.04. The molecule has 1 amide bonds. The van der Waals surface area contributed by atoms with Crippen LogP contribution in [-0.4, -0.2) is 17.8 Å². The lowest BCUT2D eigenvalue weighted by Gasteiger charge is -1.94. The van der Waals surface area contributed by atoms with Crippen LogP contribution in [0.2, 0.25) is 0 Å². The highest BCUT2D eigenvalue weighted by atomic mass is 16.5. The van der Waals surface area contributed by atoms with Gasteiger partial charge in [-0.2, -0.15) is 4.99 Å². The number of nitrogens with zero attached hydrogens (tertiary/aromatic N) is 3. The second kappa shape index (κ2) is 4.59. The van der Waals surface area contributed by atoms with Gasteiger partial charge in [0, 0.05) is 12.8 Å². The molecule has 1 heterocycles. The quantitative estimate of drug-likeness (QED) is 0.654. The van der Waals surface area contributed by atoms with Gasteiger partial charge in [-0.15, -0.1) is 5.10 Å². The lowest BCUT2D eigenvalue weighted by molar-refractivity contribution is -0.117. The van der Waals surface area contributed by atoms with E-state index in [4.69, 9.17) is 4.74 Å². The lowest BCUT2D eigenvalue weighted by Crippen LogP contribution is -2.11. The Morgan fingerprint density at radius 3 is 2.85 bits per heavy atom. The third-order valence-corrected chi connectivity index (χ3v) is 1.44. The predicted molar refractivity (Wildman–Crippen MR) is 48.3 cm³/mol. The van der Waals surface area contributed by atoms with Crippen LogP contribution in [0.15, 0.2) is 10.1 Å². The summed E-state index contributed by atoms with van der Waals surface area (Å²) in [6, 6.07) is 0.0651. The number of carbonyl (C=O) groups excluding carboxylic acids is 1. The Morgan fingerprint density at radius 1 is 1.54 bits per heavy atom. The lowest BCUT2D eigenvalue weighted by atomic mass is 10.3. The molecule has 0 saturated carbocycles. The number of aliphatic imine (C=N–C) groups is 1. The maximum atomic E-state index is 11.0. The highest BCUT2D eigenvalue weighted by molar-refractivity contribution is 5.99. The summed E-state index contributed by atoms with van der Waals surface area (Å²) >= 11 is 0. The van der Waals surface area contributed by atoms with E-state index in [1.807, 2.05) is 13.8 Å². The topological polar surface area (TPSA) is 65.1 Å². The van der Waals surface area contributed by atoms with Crippen molar-refractivity contribution in [3.8, 4) is 0 Å². The number of hydrogen-bond acceptors (Lipinski definition) is 3. The van der Waals surface area contributed by atoms with Crippen LogP contribution >= 0.6 is 0 Å². The molecule has 0 atom stereocenters. The maximum Gasteiger partial charge on any atom is 0.345 e. The van der Waals surface area contributed by atoms with Crippen molar-refractivity contribution in [1.82, 2.24) is 5.43 Å². The zero-order valence-electron chi connectivity index (χ0n) is 7.78. The fourth-order valence-corrected chi connectivity index (χ4v) is 0.809. The van der Waals surface area contributed by atoms with Crippen LogP contribution in [0.5, 0.6) is 0 Å². The second-order valence-electron chi connectivity index (χ2n) is 2.59. The zero-order chi connectivity index (χ0) is 9.68. The van der Waals surface area contributed by atoms with E-state index < -0.39 is 0 Å². The monoisotopic (exact) mass is 182 g/mol. The van der Waals surface area contributed by atoms with Gasteiger partial charge in [-0.25, -0.2) is 0 Å². The van der Waals surface area contributed by atoms with Gasteiger partial charge in [0.1, 0.15) is 0 Å². The second-order valence-corrected chi connectivity index (χ2v) is 2.59. The fraction of sp³-hybridized carbons (Fsp3) is 0.625. The average molecular weight is 182 g/mol. The van der Waals surface area contributed by atoms with Gasteiger partial charge in [0.2, 0.25) is 11.8 Å². The summed E-state index contributed by atoms with van der Waals surface area (Å²) in [5.41, 5.74) is 3.61. The van der Waals surface area contributed by atoms with Crippen LogP contribution in [0.4, 0.5) is 0 Å². The third kappa shape index (κ3) is 2.85. The minimum Gasteiger partial charge on any atom is -0.406 e. The van der Waals surface area contributed by atoms with Crippen molar-refractivity contribution in [2.24, 2.45) is 10.1 Å². The molecule has 0 aromatic heterocycles. The van der Waals surface area contributed by atoms with Gasteiger partial charge in [-0.3, -0.25) is 4.79 Å². The Morgan fingerprint density at radius 2 is 2.31 bits per heavy atom. The predicted octanol–water partition coefficient (Wildman–Crippen LogP) is 1.03. The van der Waals surface area contributed by atoms with E-state index in [2.05, 4.69) is 15.5 Å². The van der Waals surface area contributed by atoms with E-state index in [0.29, 0.717) is 18.7 Å². The van der Waals surface area contributed by atoms with E-state index in [-0.39, 0.29) is 11.9 Å². The fourth-order valence-electron chi connectivity index (χ4n) is 0.809. The van der Waals surface area contributed by atoms with Crippen molar-refractivity contribution in [3.63, 3.8) is 0 Å². The molecule has 0 aliphatic carbocycles. The summed E-state index contributed by atoms with van der Waals surface area (Å²) in [4.78, 5) is 14.7. The van der Waals surface area contributed by atoms with E-state index in [1.54, 1.807) is 0 Å². The Kier molecular flexibility index (Phi) is 3.42. The molecule has 0 aromatic carbocycles. The molecule has 0 N–H and O–H groups in total. The first kappa shape index (κ1) is 9.70. The number of hydrogen-bond donors (Lipinski definition) is 0. The van der Waals surface area contributed by atoms with E-state index >= 15 is 0 Å². The maximum absolute atomic E-state index is 11.0. The average Bonchev–Trinajstić information content (AvgIpc) is 2.52. The zero-order valence-corrected chi connectivity index (χ0v) is 7.78. The van der Waals surface area contributed by atoms with Crippen LogP contribution in [0, 0.1) is 0 Å². The van der Waals surface area contributed by atoms with Crippen LogP contribution in [0.25, 0.3) is 0 Å². The van der Waals surface area contributed by atoms with Crippen molar-refractivity contribution >= 4 is 17.8 Å². The van der Waals surface area contributed by atoms with Gasteiger partial charge < -0.3 is 4.74 Å². The SMILES string of the molecule is CCCC(=O)N=C1[N]N=C(CC)O1. The molecule has 5 nitrogen and oxygen atoms in total. The molecular weight excluding hydrogens is 170 g/mol. The standard InChI is InChI=1S/C8H12N3O2/c1-3-5-6(12)9-8-11-10-7(4-2)13-8/h3-5H2,1-2H3. The minimum absolute atomic E-state index is 0.0651. The molecule has 0 spiro atoms. The molecule has 0 bridgehead atoms. The number of amidine groups is 1. The Balaban J connectivity index is 2.44. The summed E-state index contributed by atoms with van der Waals surface area (Å²) in [5, 5.41) is 3.69. The van der Waals surface area contributed by atoms with E-state index in [1.165, 1.54) is 0 Å².